The highest BCUT2D eigenvalue weighted by Gasteiger charge is 2.21. The second kappa shape index (κ2) is 7.26. The fourth-order valence-electron chi connectivity index (χ4n) is 1.38. The predicted molar refractivity (Wildman–Crippen MR) is 66.7 cm³/mol. The minimum absolute atomic E-state index is 0.139. The standard InChI is InChI=1S/C10H11NO5.C2H6/c1-6-3-4-9(11(14)15)8(5-6)7(2)16-10(12)13;1-2/h3-5,7H,1-2H3,(H,12,13);1-2H3. The number of benzene rings is 1. The zero-order valence-corrected chi connectivity index (χ0v) is 10.8. The van der Waals surface area contributed by atoms with E-state index in [0.717, 1.165) is 5.56 Å². The first-order valence-electron chi connectivity index (χ1n) is 5.56. The summed E-state index contributed by atoms with van der Waals surface area (Å²) >= 11 is 0. The Balaban J connectivity index is 0.00000137. The Bertz CT molecular complexity index is 430. The van der Waals surface area contributed by atoms with Crippen LogP contribution in [0.15, 0.2) is 18.2 Å². The summed E-state index contributed by atoms with van der Waals surface area (Å²) in [6.45, 7) is 7.22. The molecule has 0 saturated carbocycles. The lowest BCUT2D eigenvalue weighted by Crippen LogP contribution is -2.08. The van der Waals surface area contributed by atoms with Gasteiger partial charge in [-0.15, -0.1) is 0 Å². The van der Waals surface area contributed by atoms with Gasteiger partial charge >= 0.3 is 6.16 Å². The summed E-state index contributed by atoms with van der Waals surface area (Å²) < 4.78 is 4.49. The zero-order chi connectivity index (χ0) is 14.3. The van der Waals surface area contributed by atoms with Crippen LogP contribution in [-0.2, 0) is 4.74 Å². The molecular formula is C12H17NO5. The van der Waals surface area contributed by atoms with E-state index in [9.17, 15) is 14.9 Å². The highest BCUT2D eigenvalue weighted by molar-refractivity contribution is 5.58. The van der Waals surface area contributed by atoms with Crippen LogP contribution in [-0.4, -0.2) is 16.2 Å². The van der Waals surface area contributed by atoms with Gasteiger partial charge in [0.05, 0.1) is 10.5 Å². The van der Waals surface area contributed by atoms with Crippen LogP contribution in [0.1, 0.15) is 38.0 Å². The molecule has 0 heterocycles. The highest BCUT2D eigenvalue weighted by Crippen LogP contribution is 2.28. The van der Waals surface area contributed by atoms with Gasteiger partial charge in [0.1, 0.15) is 6.10 Å². The summed E-state index contributed by atoms with van der Waals surface area (Å²) in [5, 5.41) is 19.2. The molecule has 1 N–H and O–H groups in total. The molecule has 1 atom stereocenters. The largest absolute Gasteiger partial charge is 0.506 e. The highest BCUT2D eigenvalue weighted by atomic mass is 16.7. The van der Waals surface area contributed by atoms with Crippen LogP contribution < -0.4 is 0 Å². The topological polar surface area (TPSA) is 89.7 Å². The molecule has 6 nitrogen and oxygen atoms in total. The third-order valence-corrected chi connectivity index (χ3v) is 2.10. The minimum atomic E-state index is -1.46. The van der Waals surface area contributed by atoms with Crippen LogP contribution in [0.25, 0.3) is 0 Å². The first-order chi connectivity index (χ1) is 8.41. The SMILES string of the molecule is CC.Cc1ccc([N+](=O)[O-])c(C(C)OC(=O)O)c1. The van der Waals surface area contributed by atoms with Crippen molar-refractivity contribution in [2.75, 3.05) is 0 Å². The van der Waals surface area contributed by atoms with E-state index >= 15 is 0 Å². The van der Waals surface area contributed by atoms with Crippen LogP contribution in [0.2, 0.25) is 0 Å². The van der Waals surface area contributed by atoms with Gasteiger partial charge in [-0.3, -0.25) is 10.1 Å². The lowest BCUT2D eigenvalue weighted by Gasteiger charge is -2.11. The summed E-state index contributed by atoms with van der Waals surface area (Å²) in [4.78, 5) is 20.5. The quantitative estimate of drug-likeness (QED) is 0.505. The van der Waals surface area contributed by atoms with Crippen LogP contribution in [0.5, 0.6) is 0 Å². The van der Waals surface area contributed by atoms with Crippen molar-refractivity contribution in [1.29, 1.82) is 0 Å². The fraction of sp³-hybridized carbons (Fsp3) is 0.417. The number of nitro groups is 1. The molecule has 1 rings (SSSR count). The molecule has 0 aliphatic heterocycles. The number of hydrogen-bond acceptors (Lipinski definition) is 4. The van der Waals surface area contributed by atoms with Crippen molar-refractivity contribution in [1.82, 2.24) is 0 Å². The van der Waals surface area contributed by atoms with Gasteiger partial charge in [-0.05, 0) is 19.9 Å². The van der Waals surface area contributed by atoms with E-state index in [1.165, 1.54) is 13.0 Å². The number of nitrogens with zero attached hydrogens (tertiary/aromatic N) is 1. The van der Waals surface area contributed by atoms with Crippen molar-refractivity contribution in [3.8, 4) is 0 Å². The Hall–Kier alpha value is -2.11. The number of carboxylic acid groups (broad SMARTS) is 1. The Kier molecular flexibility index (Phi) is 6.41. The first kappa shape index (κ1) is 15.9. The minimum Gasteiger partial charge on any atom is -0.450 e. The molecule has 0 bridgehead atoms. The van der Waals surface area contributed by atoms with Gasteiger partial charge in [-0.1, -0.05) is 25.5 Å². The maximum atomic E-state index is 10.7. The molecule has 0 spiro atoms. The molecule has 0 amide bonds. The van der Waals surface area contributed by atoms with Crippen molar-refractivity contribution in [3.63, 3.8) is 0 Å². The molecule has 1 aromatic carbocycles. The summed E-state index contributed by atoms with van der Waals surface area (Å²) in [7, 11) is 0. The van der Waals surface area contributed by atoms with E-state index < -0.39 is 17.2 Å². The number of carbonyl (C=O) groups is 1. The lowest BCUT2D eigenvalue weighted by atomic mass is 10.1. The Morgan fingerprint density at radius 2 is 2.00 bits per heavy atom. The summed E-state index contributed by atoms with van der Waals surface area (Å²) in [5.74, 6) is 0. The molecule has 0 aliphatic rings. The number of aryl methyl sites for hydroxylation is 1. The number of ether oxygens (including phenoxy) is 1. The number of hydrogen-bond donors (Lipinski definition) is 1. The average Bonchev–Trinajstić information content (AvgIpc) is 2.30. The van der Waals surface area contributed by atoms with Gasteiger partial charge < -0.3 is 9.84 Å². The van der Waals surface area contributed by atoms with Gasteiger partial charge in [0.15, 0.2) is 0 Å². The summed E-state index contributed by atoms with van der Waals surface area (Å²) in [6, 6.07) is 4.48. The van der Waals surface area contributed by atoms with Gasteiger partial charge in [-0.2, -0.15) is 0 Å². The van der Waals surface area contributed by atoms with Crippen LogP contribution in [0, 0.1) is 17.0 Å². The normalized spacial score (nSPS) is 10.9. The Morgan fingerprint density at radius 1 is 1.44 bits per heavy atom. The molecule has 0 radical (unpaired) electrons. The molecule has 18 heavy (non-hydrogen) atoms. The molecule has 6 heteroatoms. The van der Waals surface area contributed by atoms with Crippen molar-refractivity contribution in [3.05, 3.63) is 39.4 Å². The van der Waals surface area contributed by atoms with E-state index in [0.29, 0.717) is 0 Å². The Labute approximate surface area is 105 Å². The van der Waals surface area contributed by atoms with Gasteiger partial charge in [0.2, 0.25) is 0 Å². The number of nitro benzene ring substituents is 1. The van der Waals surface area contributed by atoms with Crippen LogP contribution in [0.4, 0.5) is 10.5 Å². The van der Waals surface area contributed by atoms with E-state index in [1.807, 2.05) is 13.8 Å². The third kappa shape index (κ3) is 4.40. The maximum Gasteiger partial charge on any atom is 0.506 e. The molecule has 1 unspecified atom stereocenters. The lowest BCUT2D eigenvalue weighted by molar-refractivity contribution is -0.386. The fourth-order valence-corrected chi connectivity index (χ4v) is 1.38. The molecule has 0 aromatic heterocycles. The maximum absolute atomic E-state index is 10.7. The molecule has 0 aliphatic carbocycles. The van der Waals surface area contributed by atoms with E-state index in [4.69, 9.17) is 5.11 Å². The predicted octanol–water partition coefficient (Wildman–Crippen LogP) is 3.69. The summed E-state index contributed by atoms with van der Waals surface area (Å²) in [5.41, 5.74) is 0.924. The summed E-state index contributed by atoms with van der Waals surface area (Å²) in [6.07, 6.45) is -2.32. The monoisotopic (exact) mass is 255 g/mol. The van der Waals surface area contributed by atoms with Crippen molar-refractivity contribution >= 4 is 11.8 Å². The second-order valence-electron chi connectivity index (χ2n) is 3.35. The van der Waals surface area contributed by atoms with E-state index in [-0.39, 0.29) is 11.3 Å². The van der Waals surface area contributed by atoms with Crippen molar-refractivity contribution < 1.29 is 19.6 Å². The molecule has 0 fully saturated rings. The number of rotatable bonds is 3. The third-order valence-electron chi connectivity index (χ3n) is 2.10. The van der Waals surface area contributed by atoms with E-state index in [1.54, 1.807) is 19.1 Å². The van der Waals surface area contributed by atoms with Crippen molar-refractivity contribution in [2.45, 2.75) is 33.8 Å². The van der Waals surface area contributed by atoms with E-state index in [2.05, 4.69) is 4.74 Å². The first-order valence-corrected chi connectivity index (χ1v) is 5.56. The Morgan fingerprint density at radius 3 is 2.44 bits per heavy atom. The average molecular weight is 255 g/mol. The zero-order valence-electron chi connectivity index (χ0n) is 10.8. The van der Waals surface area contributed by atoms with Gasteiger partial charge in [0, 0.05) is 6.07 Å². The van der Waals surface area contributed by atoms with Gasteiger partial charge in [0.25, 0.3) is 5.69 Å². The smallest absolute Gasteiger partial charge is 0.450 e. The molecule has 1 aromatic rings. The van der Waals surface area contributed by atoms with Crippen molar-refractivity contribution in [2.24, 2.45) is 0 Å². The van der Waals surface area contributed by atoms with Gasteiger partial charge in [-0.25, -0.2) is 4.79 Å². The van der Waals surface area contributed by atoms with Crippen LogP contribution in [0.3, 0.4) is 0 Å². The second-order valence-corrected chi connectivity index (χ2v) is 3.35. The molecular weight excluding hydrogens is 238 g/mol. The molecule has 100 valence electrons. The molecule has 0 saturated heterocycles. The van der Waals surface area contributed by atoms with Crippen LogP contribution >= 0.6 is 0 Å².